The lowest BCUT2D eigenvalue weighted by molar-refractivity contribution is -0.118. The van der Waals surface area contributed by atoms with Gasteiger partial charge in [-0.1, -0.05) is 0 Å². The van der Waals surface area contributed by atoms with Gasteiger partial charge in [-0.15, -0.1) is 0 Å². The smallest absolute Gasteiger partial charge is 0.336 e. The summed E-state index contributed by atoms with van der Waals surface area (Å²) < 4.78 is 12.0. The number of nitrogens with one attached hydrogen (secondary N) is 1. The maximum atomic E-state index is 12.2. The second-order valence-corrected chi connectivity index (χ2v) is 5.51. The largest absolute Gasteiger partial charge is 0.484 e. The van der Waals surface area contributed by atoms with Crippen molar-refractivity contribution in [1.82, 2.24) is 19.7 Å². The molecule has 0 aliphatic rings. The molecule has 0 atom stereocenters. The van der Waals surface area contributed by atoms with Gasteiger partial charge in [0.25, 0.3) is 5.91 Å². The number of rotatable bonds is 5. The van der Waals surface area contributed by atoms with E-state index < -0.39 is 5.63 Å². The molecule has 0 unspecified atom stereocenters. The summed E-state index contributed by atoms with van der Waals surface area (Å²) in [6.45, 7) is -0.228. The summed E-state index contributed by atoms with van der Waals surface area (Å²) in [5.41, 5.74) is 0.414. The van der Waals surface area contributed by atoms with Gasteiger partial charge in [0.05, 0.1) is 5.69 Å². The zero-order valence-electron chi connectivity index (χ0n) is 13.9. The first-order chi connectivity index (χ1) is 13.2. The number of hydrogen-bond acceptors (Lipinski definition) is 7. The van der Waals surface area contributed by atoms with Gasteiger partial charge in [-0.25, -0.2) is 19.4 Å². The Morgan fingerprint density at radius 2 is 2.11 bits per heavy atom. The molecule has 0 radical (unpaired) electrons. The number of carbonyl (C=O) groups is 1. The van der Waals surface area contributed by atoms with Crippen molar-refractivity contribution in [2.24, 2.45) is 0 Å². The van der Waals surface area contributed by atoms with E-state index >= 15 is 0 Å². The fourth-order valence-corrected chi connectivity index (χ4v) is 2.46. The first-order valence-corrected chi connectivity index (χ1v) is 7.96. The molecule has 27 heavy (non-hydrogen) atoms. The van der Waals surface area contributed by atoms with Gasteiger partial charge in [-0.2, -0.15) is 5.10 Å². The summed E-state index contributed by atoms with van der Waals surface area (Å²) in [5.74, 6) is 0.476. The van der Waals surface area contributed by atoms with Crippen LogP contribution < -0.4 is 15.7 Å². The normalized spacial score (nSPS) is 10.7. The van der Waals surface area contributed by atoms with Crippen molar-refractivity contribution in [3.05, 3.63) is 71.7 Å². The Balaban J connectivity index is 1.46. The van der Waals surface area contributed by atoms with Crippen LogP contribution in [0.2, 0.25) is 0 Å². The van der Waals surface area contributed by atoms with Crippen LogP contribution in [0.15, 0.2) is 70.5 Å². The van der Waals surface area contributed by atoms with E-state index in [0.29, 0.717) is 22.8 Å². The Labute approximate surface area is 152 Å². The maximum Gasteiger partial charge on any atom is 0.336 e. The zero-order chi connectivity index (χ0) is 18.6. The molecule has 0 saturated carbocycles. The van der Waals surface area contributed by atoms with Crippen molar-refractivity contribution in [3.8, 4) is 11.6 Å². The van der Waals surface area contributed by atoms with Crippen molar-refractivity contribution < 1.29 is 13.9 Å². The molecule has 4 aromatic rings. The number of nitrogens with zero attached hydrogens (tertiary/aromatic N) is 4. The third-order valence-electron chi connectivity index (χ3n) is 3.66. The summed E-state index contributed by atoms with van der Waals surface area (Å²) in [7, 11) is 0. The van der Waals surface area contributed by atoms with Crippen LogP contribution in [-0.2, 0) is 4.79 Å². The lowest BCUT2D eigenvalue weighted by atomic mass is 10.2. The molecule has 9 heteroatoms. The first-order valence-electron chi connectivity index (χ1n) is 7.96. The highest BCUT2D eigenvalue weighted by atomic mass is 16.5. The molecule has 0 bridgehead atoms. The molecule has 0 fully saturated rings. The quantitative estimate of drug-likeness (QED) is 0.538. The predicted molar refractivity (Wildman–Crippen MR) is 95.8 cm³/mol. The van der Waals surface area contributed by atoms with E-state index in [1.54, 1.807) is 42.6 Å². The van der Waals surface area contributed by atoms with Crippen LogP contribution in [-0.4, -0.2) is 32.3 Å². The summed E-state index contributed by atoms with van der Waals surface area (Å²) >= 11 is 0. The molecule has 3 aromatic heterocycles. The Morgan fingerprint density at radius 1 is 1.22 bits per heavy atom. The number of pyridine rings is 1. The van der Waals surface area contributed by atoms with Crippen LogP contribution in [0.5, 0.6) is 5.75 Å². The van der Waals surface area contributed by atoms with E-state index in [1.165, 1.54) is 23.4 Å². The molecule has 1 amide bonds. The molecule has 4 rings (SSSR count). The van der Waals surface area contributed by atoms with Crippen LogP contribution >= 0.6 is 0 Å². The molecule has 0 saturated heterocycles. The molecular formula is C18H13N5O4. The molecule has 1 aromatic carbocycles. The zero-order valence-corrected chi connectivity index (χ0v) is 13.9. The van der Waals surface area contributed by atoms with Gasteiger partial charge in [0.2, 0.25) is 0 Å². The van der Waals surface area contributed by atoms with Gasteiger partial charge in [-0.3, -0.25) is 4.79 Å². The fourth-order valence-electron chi connectivity index (χ4n) is 2.46. The van der Waals surface area contributed by atoms with E-state index in [1.807, 2.05) is 0 Å². The van der Waals surface area contributed by atoms with E-state index in [-0.39, 0.29) is 12.5 Å². The van der Waals surface area contributed by atoms with Gasteiger partial charge in [-0.05, 0) is 30.3 Å². The van der Waals surface area contributed by atoms with Gasteiger partial charge in [0.15, 0.2) is 12.4 Å². The Kier molecular flexibility index (Phi) is 4.32. The van der Waals surface area contributed by atoms with E-state index in [9.17, 15) is 9.59 Å². The Hall–Kier alpha value is -4.01. The molecule has 1 N–H and O–H groups in total. The molecular weight excluding hydrogens is 350 g/mol. The van der Waals surface area contributed by atoms with Crippen LogP contribution in [0.25, 0.3) is 16.8 Å². The highest BCUT2D eigenvalue weighted by Crippen LogP contribution is 2.20. The number of carbonyl (C=O) groups excluding carboxylic acids is 1. The van der Waals surface area contributed by atoms with Crippen molar-refractivity contribution >= 4 is 22.6 Å². The van der Waals surface area contributed by atoms with Crippen LogP contribution in [0, 0.1) is 0 Å². The standard InChI is InChI=1S/C18H13N5O4/c24-16(22-14-2-1-7-20-18(14)23-11-19-10-21-23)9-26-13-5-3-12-4-6-17(25)27-15(12)8-13/h1-8,10-11H,9H2,(H,22,24). The molecule has 0 aliphatic carbocycles. The molecule has 0 aliphatic heterocycles. The minimum atomic E-state index is -0.449. The SMILES string of the molecule is O=C(COc1ccc2ccc(=O)oc2c1)Nc1cccnc1-n1cncn1. The van der Waals surface area contributed by atoms with Crippen LogP contribution in [0.1, 0.15) is 0 Å². The molecule has 9 nitrogen and oxygen atoms in total. The lowest BCUT2D eigenvalue weighted by Gasteiger charge is -2.10. The fraction of sp³-hybridized carbons (Fsp3) is 0.0556. The van der Waals surface area contributed by atoms with E-state index in [0.717, 1.165) is 5.39 Å². The van der Waals surface area contributed by atoms with Gasteiger partial charge in [0.1, 0.15) is 24.0 Å². The highest BCUT2D eigenvalue weighted by Gasteiger charge is 2.11. The van der Waals surface area contributed by atoms with E-state index in [2.05, 4.69) is 20.4 Å². The van der Waals surface area contributed by atoms with Gasteiger partial charge in [0, 0.05) is 23.7 Å². The highest BCUT2D eigenvalue weighted by molar-refractivity contribution is 5.93. The monoisotopic (exact) mass is 363 g/mol. The summed E-state index contributed by atoms with van der Waals surface area (Å²) in [5, 5.41) is 7.50. The number of fused-ring (bicyclic) bond motifs is 1. The summed E-state index contributed by atoms with van der Waals surface area (Å²) in [4.78, 5) is 31.6. The topological polar surface area (TPSA) is 112 Å². The minimum absolute atomic E-state index is 0.228. The lowest BCUT2D eigenvalue weighted by Crippen LogP contribution is -2.21. The average Bonchev–Trinajstić information content (AvgIpc) is 3.21. The Morgan fingerprint density at radius 3 is 2.96 bits per heavy atom. The molecule has 134 valence electrons. The molecule has 3 heterocycles. The van der Waals surface area contributed by atoms with Crippen molar-refractivity contribution in [2.45, 2.75) is 0 Å². The van der Waals surface area contributed by atoms with E-state index in [4.69, 9.17) is 9.15 Å². The maximum absolute atomic E-state index is 12.2. The minimum Gasteiger partial charge on any atom is -0.484 e. The third-order valence-corrected chi connectivity index (χ3v) is 3.66. The second-order valence-electron chi connectivity index (χ2n) is 5.51. The number of ether oxygens (including phenoxy) is 1. The third kappa shape index (κ3) is 3.66. The second kappa shape index (κ2) is 7.08. The number of aromatic nitrogens is 4. The number of hydrogen-bond donors (Lipinski definition) is 1. The summed E-state index contributed by atoms with van der Waals surface area (Å²) in [6, 6.07) is 11.4. The number of anilines is 1. The van der Waals surface area contributed by atoms with Crippen molar-refractivity contribution in [3.63, 3.8) is 0 Å². The van der Waals surface area contributed by atoms with Crippen LogP contribution in [0.4, 0.5) is 5.69 Å². The number of benzene rings is 1. The average molecular weight is 363 g/mol. The van der Waals surface area contributed by atoms with Gasteiger partial charge < -0.3 is 14.5 Å². The number of amides is 1. The Bertz CT molecular complexity index is 1150. The molecule has 0 spiro atoms. The first kappa shape index (κ1) is 16.5. The summed E-state index contributed by atoms with van der Waals surface area (Å²) in [6.07, 6.45) is 4.45. The van der Waals surface area contributed by atoms with Gasteiger partial charge >= 0.3 is 5.63 Å². The van der Waals surface area contributed by atoms with Crippen molar-refractivity contribution in [2.75, 3.05) is 11.9 Å². The van der Waals surface area contributed by atoms with Crippen LogP contribution in [0.3, 0.4) is 0 Å². The predicted octanol–water partition coefficient (Wildman–Crippen LogP) is 1.79. The van der Waals surface area contributed by atoms with Crippen molar-refractivity contribution in [1.29, 1.82) is 0 Å².